The van der Waals surface area contributed by atoms with Crippen molar-refractivity contribution in [3.05, 3.63) is 28.2 Å². The summed E-state index contributed by atoms with van der Waals surface area (Å²) in [4.78, 5) is 0.273. The van der Waals surface area contributed by atoms with Crippen LogP contribution < -0.4 is 0 Å². The Morgan fingerprint density at radius 3 is 2.58 bits per heavy atom. The number of nitrogens with zero attached hydrogens (tertiary/aromatic N) is 1. The van der Waals surface area contributed by atoms with Gasteiger partial charge in [0.25, 0.3) is 0 Å². The molecule has 4 nitrogen and oxygen atoms in total. The molecule has 0 bridgehead atoms. The molecule has 1 saturated carbocycles. The molecule has 2 atom stereocenters. The van der Waals surface area contributed by atoms with Gasteiger partial charge < -0.3 is 5.11 Å². The van der Waals surface area contributed by atoms with Gasteiger partial charge in [-0.1, -0.05) is 15.9 Å². The van der Waals surface area contributed by atoms with Crippen molar-refractivity contribution in [2.75, 3.05) is 7.05 Å². The zero-order chi connectivity index (χ0) is 14.2. The maximum absolute atomic E-state index is 12.5. The minimum absolute atomic E-state index is 0.273. The summed E-state index contributed by atoms with van der Waals surface area (Å²) >= 11 is 3.36. The van der Waals surface area contributed by atoms with E-state index in [-0.39, 0.29) is 10.9 Å². The summed E-state index contributed by atoms with van der Waals surface area (Å²) in [7, 11) is -1.99. The summed E-state index contributed by atoms with van der Waals surface area (Å²) in [6, 6.07) is 4.66. The highest BCUT2D eigenvalue weighted by molar-refractivity contribution is 9.10. The second-order valence-corrected chi connectivity index (χ2v) is 7.85. The normalized spacial score (nSPS) is 24.1. The molecule has 19 heavy (non-hydrogen) atoms. The lowest BCUT2D eigenvalue weighted by Crippen LogP contribution is -2.41. The summed E-state index contributed by atoms with van der Waals surface area (Å²) in [6.45, 7) is 1.85. The van der Waals surface area contributed by atoms with E-state index in [1.165, 1.54) is 4.31 Å². The molecular weight excluding hydrogens is 330 g/mol. The highest BCUT2D eigenvalue weighted by Gasteiger charge is 2.35. The molecule has 0 radical (unpaired) electrons. The molecule has 0 aliphatic heterocycles. The van der Waals surface area contributed by atoms with Crippen molar-refractivity contribution in [3.8, 4) is 0 Å². The zero-order valence-electron chi connectivity index (χ0n) is 11.0. The highest BCUT2D eigenvalue weighted by Crippen LogP contribution is 2.29. The van der Waals surface area contributed by atoms with Gasteiger partial charge in [0.2, 0.25) is 10.0 Å². The van der Waals surface area contributed by atoms with Crippen LogP contribution >= 0.6 is 15.9 Å². The SMILES string of the molecule is Cc1cc(S(=O)(=O)N(C)[C@@H]2CCC[C@@H]2O)ccc1Br. The number of aliphatic hydroxyl groups excluding tert-OH is 1. The summed E-state index contributed by atoms with van der Waals surface area (Å²) in [5.74, 6) is 0. The molecule has 2 rings (SSSR count). The summed E-state index contributed by atoms with van der Waals surface area (Å²) in [5.41, 5.74) is 0.876. The van der Waals surface area contributed by atoms with Crippen LogP contribution in [0.2, 0.25) is 0 Å². The van der Waals surface area contributed by atoms with Gasteiger partial charge in [0.05, 0.1) is 17.0 Å². The first kappa shape index (κ1) is 15.0. The molecular formula is C13H18BrNO3S. The number of aliphatic hydroxyl groups is 1. The number of aryl methyl sites for hydroxylation is 1. The standard InChI is InChI=1S/C13H18BrNO3S/c1-9-8-10(6-7-11(9)14)19(17,18)15(2)12-4-3-5-13(12)16/h6-8,12-13,16H,3-5H2,1-2H3/t12-,13+/m1/s1. The van der Waals surface area contributed by atoms with Gasteiger partial charge in [0, 0.05) is 11.5 Å². The molecule has 1 N–H and O–H groups in total. The zero-order valence-corrected chi connectivity index (χ0v) is 13.4. The van der Waals surface area contributed by atoms with Crippen molar-refractivity contribution in [2.45, 2.75) is 43.2 Å². The Hall–Kier alpha value is -0.430. The van der Waals surface area contributed by atoms with Crippen molar-refractivity contribution < 1.29 is 13.5 Å². The van der Waals surface area contributed by atoms with E-state index in [2.05, 4.69) is 15.9 Å². The molecule has 1 aliphatic rings. The smallest absolute Gasteiger partial charge is 0.243 e. The van der Waals surface area contributed by atoms with Crippen molar-refractivity contribution in [1.29, 1.82) is 0 Å². The van der Waals surface area contributed by atoms with E-state index in [1.54, 1.807) is 25.2 Å². The predicted molar refractivity (Wildman–Crippen MR) is 77.5 cm³/mol. The first-order valence-corrected chi connectivity index (χ1v) is 8.49. The van der Waals surface area contributed by atoms with Crippen molar-refractivity contribution in [2.24, 2.45) is 0 Å². The maximum atomic E-state index is 12.5. The van der Waals surface area contributed by atoms with Crippen LogP contribution in [0, 0.1) is 6.92 Å². The van der Waals surface area contributed by atoms with Crippen LogP contribution in [0.3, 0.4) is 0 Å². The van der Waals surface area contributed by atoms with E-state index >= 15 is 0 Å². The molecule has 0 heterocycles. The van der Waals surface area contributed by atoms with Crippen LogP contribution in [0.15, 0.2) is 27.6 Å². The molecule has 0 saturated heterocycles. The van der Waals surface area contributed by atoms with Gasteiger partial charge in [-0.05, 0) is 49.9 Å². The van der Waals surface area contributed by atoms with E-state index in [1.807, 2.05) is 6.92 Å². The van der Waals surface area contributed by atoms with Crippen LogP contribution in [0.4, 0.5) is 0 Å². The van der Waals surface area contributed by atoms with Gasteiger partial charge in [-0.15, -0.1) is 0 Å². The monoisotopic (exact) mass is 347 g/mol. The Labute approximate surface area is 122 Å². The van der Waals surface area contributed by atoms with Crippen LogP contribution in [0.5, 0.6) is 0 Å². The van der Waals surface area contributed by atoms with Crippen LogP contribution in [-0.2, 0) is 10.0 Å². The van der Waals surface area contributed by atoms with Gasteiger partial charge in [-0.3, -0.25) is 0 Å². The summed E-state index contributed by atoms with van der Waals surface area (Å²) in [5, 5.41) is 9.85. The number of benzene rings is 1. The molecule has 0 amide bonds. The molecule has 0 unspecified atom stereocenters. The van der Waals surface area contributed by atoms with Gasteiger partial charge in [0.1, 0.15) is 0 Å². The molecule has 0 aromatic heterocycles. The van der Waals surface area contributed by atoms with Gasteiger partial charge in [-0.2, -0.15) is 4.31 Å². The molecule has 1 aliphatic carbocycles. The topological polar surface area (TPSA) is 57.6 Å². The lowest BCUT2D eigenvalue weighted by atomic mass is 10.2. The number of sulfonamides is 1. The first-order chi connectivity index (χ1) is 8.84. The first-order valence-electron chi connectivity index (χ1n) is 6.26. The number of halogens is 1. The number of rotatable bonds is 3. The largest absolute Gasteiger partial charge is 0.391 e. The third kappa shape index (κ3) is 2.86. The fraction of sp³-hybridized carbons (Fsp3) is 0.538. The van der Waals surface area contributed by atoms with Crippen molar-refractivity contribution in [1.82, 2.24) is 4.31 Å². The lowest BCUT2D eigenvalue weighted by Gasteiger charge is -2.26. The van der Waals surface area contributed by atoms with Crippen molar-refractivity contribution in [3.63, 3.8) is 0 Å². The van der Waals surface area contributed by atoms with Crippen LogP contribution in [-0.4, -0.2) is 37.0 Å². The van der Waals surface area contributed by atoms with E-state index in [4.69, 9.17) is 0 Å². The maximum Gasteiger partial charge on any atom is 0.243 e. The average Bonchev–Trinajstić information content (AvgIpc) is 2.77. The Bertz CT molecular complexity index is 573. The lowest BCUT2D eigenvalue weighted by molar-refractivity contribution is 0.122. The number of hydrogen-bond acceptors (Lipinski definition) is 3. The van der Waals surface area contributed by atoms with Crippen molar-refractivity contribution >= 4 is 26.0 Å². The summed E-state index contributed by atoms with van der Waals surface area (Å²) in [6.07, 6.45) is 1.69. The Balaban J connectivity index is 2.33. The average molecular weight is 348 g/mol. The van der Waals surface area contributed by atoms with Gasteiger partial charge in [-0.25, -0.2) is 8.42 Å². The van der Waals surface area contributed by atoms with E-state index in [0.29, 0.717) is 12.8 Å². The molecule has 0 spiro atoms. The molecule has 106 valence electrons. The fourth-order valence-corrected chi connectivity index (χ4v) is 4.21. The number of likely N-dealkylation sites (N-methyl/N-ethyl adjacent to an activating group) is 1. The van der Waals surface area contributed by atoms with Crippen LogP contribution in [0.25, 0.3) is 0 Å². The van der Waals surface area contributed by atoms with Gasteiger partial charge >= 0.3 is 0 Å². The molecule has 1 aromatic carbocycles. The highest BCUT2D eigenvalue weighted by atomic mass is 79.9. The fourth-order valence-electron chi connectivity index (χ4n) is 2.47. The third-order valence-electron chi connectivity index (χ3n) is 3.72. The second kappa shape index (κ2) is 5.52. The molecule has 6 heteroatoms. The summed E-state index contributed by atoms with van der Waals surface area (Å²) < 4.78 is 27.3. The van der Waals surface area contributed by atoms with E-state index < -0.39 is 16.1 Å². The molecule has 1 fully saturated rings. The minimum Gasteiger partial charge on any atom is -0.391 e. The molecule has 1 aromatic rings. The van der Waals surface area contributed by atoms with E-state index in [9.17, 15) is 13.5 Å². The predicted octanol–water partition coefficient (Wildman–Crippen LogP) is 2.29. The second-order valence-electron chi connectivity index (χ2n) is 5.00. The Morgan fingerprint density at radius 1 is 1.37 bits per heavy atom. The minimum atomic E-state index is -3.54. The quantitative estimate of drug-likeness (QED) is 0.912. The van der Waals surface area contributed by atoms with E-state index in [0.717, 1.165) is 16.5 Å². The Morgan fingerprint density at radius 2 is 2.05 bits per heavy atom. The van der Waals surface area contributed by atoms with Crippen LogP contribution in [0.1, 0.15) is 24.8 Å². The number of hydrogen-bond donors (Lipinski definition) is 1. The third-order valence-corrected chi connectivity index (χ3v) is 6.49. The van der Waals surface area contributed by atoms with Gasteiger partial charge in [0.15, 0.2) is 0 Å². The Kier molecular flexibility index (Phi) is 4.35.